The number of hydrogen-bond acceptors (Lipinski definition) is 4. The lowest BCUT2D eigenvalue weighted by Crippen LogP contribution is -2.29. The van der Waals surface area contributed by atoms with Crippen molar-refractivity contribution in [2.45, 2.75) is 18.1 Å². The molecule has 1 fully saturated rings. The fraction of sp³-hybridized carbons (Fsp3) is 0.238. The van der Waals surface area contributed by atoms with E-state index in [-0.39, 0.29) is 29.9 Å². The molecule has 2 N–H and O–H groups in total. The Morgan fingerprint density at radius 2 is 1.65 bits per heavy atom. The molecule has 31 heavy (non-hydrogen) atoms. The van der Waals surface area contributed by atoms with Crippen LogP contribution < -0.4 is 10.6 Å². The number of nitrogens with two attached hydrogens (primary N) is 1. The summed E-state index contributed by atoms with van der Waals surface area (Å²) in [6.07, 6.45) is -3.28. The highest BCUT2D eigenvalue weighted by Crippen LogP contribution is 2.34. The van der Waals surface area contributed by atoms with E-state index in [2.05, 4.69) is 9.97 Å². The second-order valence-electron chi connectivity index (χ2n) is 7.30. The minimum Gasteiger partial charge on any atom is -0.354 e. The summed E-state index contributed by atoms with van der Waals surface area (Å²) in [4.78, 5) is 9.90. The Bertz CT molecular complexity index is 1120. The zero-order chi connectivity index (χ0) is 22.3. The predicted octanol–water partition coefficient (Wildman–Crippen LogP) is 4.51. The summed E-state index contributed by atoms with van der Waals surface area (Å²) in [5, 5.41) is 0. The molecule has 162 valence electrons. The van der Waals surface area contributed by atoms with Crippen molar-refractivity contribution < 1.29 is 26.3 Å². The number of rotatable bonds is 3. The van der Waals surface area contributed by atoms with Crippen LogP contribution in [0.1, 0.15) is 17.0 Å². The number of halogens is 6. The quantitative estimate of drug-likeness (QED) is 0.483. The van der Waals surface area contributed by atoms with Crippen LogP contribution in [-0.2, 0) is 6.18 Å². The summed E-state index contributed by atoms with van der Waals surface area (Å²) in [5.74, 6) is -3.60. The molecule has 2 heterocycles. The lowest BCUT2D eigenvalue weighted by molar-refractivity contribution is -0.137. The summed E-state index contributed by atoms with van der Waals surface area (Å²) >= 11 is 0. The minimum atomic E-state index is -4.49. The molecule has 0 radical (unpaired) electrons. The van der Waals surface area contributed by atoms with Crippen LogP contribution in [0.25, 0.3) is 11.3 Å². The van der Waals surface area contributed by atoms with E-state index in [9.17, 15) is 26.3 Å². The van der Waals surface area contributed by atoms with Crippen LogP contribution in [0.15, 0.2) is 48.8 Å². The molecule has 1 aliphatic heterocycles. The van der Waals surface area contributed by atoms with Crippen LogP contribution in [0, 0.1) is 17.5 Å². The fourth-order valence-electron chi connectivity index (χ4n) is 3.70. The van der Waals surface area contributed by atoms with Crippen molar-refractivity contribution >= 4 is 5.82 Å². The number of hydrogen-bond donors (Lipinski definition) is 1. The molecule has 1 saturated heterocycles. The number of anilines is 1. The lowest BCUT2D eigenvalue weighted by Gasteiger charge is -2.18. The third kappa shape index (κ3) is 4.20. The van der Waals surface area contributed by atoms with Crippen LogP contribution in [0.3, 0.4) is 0 Å². The van der Waals surface area contributed by atoms with E-state index in [1.807, 2.05) is 0 Å². The Labute approximate surface area is 173 Å². The van der Waals surface area contributed by atoms with Gasteiger partial charge in [0.05, 0.1) is 11.3 Å². The summed E-state index contributed by atoms with van der Waals surface area (Å²) in [5.41, 5.74) is 5.80. The van der Waals surface area contributed by atoms with Gasteiger partial charge < -0.3 is 10.6 Å². The second kappa shape index (κ2) is 7.84. The van der Waals surface area contributed by atoms with Crippen molar-refractivity contribution in [3.63, 3.8) is 0 Å². The molecular formula is C21H16F6N4. The molecule has 0 spiro atoms. The number of benzene rings is 2. The van der Waals surface area contributed by atoms with Crippen molar-refractivity contribution in [2.24, 2.45) is 5.73 Å². The smallest absolute Gasteiger partial charge is 0.354 e. The SMILES string of the molecule is N[C@H]1CN(c2cc(-c3cccc(C(F)(F)F)c3)ncn2)C[C@@H]1c1cc(F)c(F)cc1F. The Morgan fingerprint density at radius 1 is 0.903 bits per heavy atom. The van der Waals surface area contributed by atoms with Gasteiger partial charge in [-0.1, -0.05) is 12.1 Å². The molecule has 4 nitrogen and oxygen atoms in total. The molecule has 0 amide bonds. The molecule has 2 aromatic carbocycles. The molecule has 10 heteroatoms. The van der Waals surface area contributed by atoms with Crippen molar-refractivity contribution in [2.75, 3.05) is 18.0 Å². The van der Waals surface area contributed by atoms with Crippen LogP contribution in [0.2, 0.25) is 0 Å². The van der Waals surface area contributed by atoms with Gasteiger partial charge in [-0.2, -0.15) is 13.2 Å². The van der Waals surface area contributed by atoms with E-state index < -0.39 is 41.2 Å². The van der Waals surface area contributed by atoms with Crippen molar-refractivity contribution in [3.8, 4) is 11.3 Å². The van der Waals surface area contributed by atoms with Crippen LogP contribution >= 0.6 is 0 Å². The standard InChI is InChI=1S/C21H16F6N4/c22-15-6-17(24)16(23)5-13(15)14-8-31(9-18(14)28)20-7-19(29-10-30-20)11-2-1-3-12(4-11)21(25,26)27/h1-7,10,14,18H,8-9,28H2/t14-,18+/m1/s1. The first kappa shape index (κ1) is 21.1. The average Bonchev–Trinajstić information content (AvgIpc) is 3.12. The predicted molar refractivity (Wildman–Crippen MR) is 102 cm³/mol. The van der Waals surface area contributed by atoms with Gasteiger partial charge in [-0.15, -0.1) is 0 Å². The van der Waals surface area contributed by atoms with E-state index in [1.165, 1.54) is 24.5 Å². The Hall–Kier alpha value is -3.14. The maximum absolute atomic E-state index is 14.2. The van der Waals surface area contributed by atoms with Crippen LogP contribution in [0.4, 0.5) is 32.2 Å². The normalized spacial score (nSPS) is 19.1. The summed E-state index contributed by atoms with van der Waals surface area (Å²) in [6.45, 7) is 0.407. The first-order chi connectivity index (χ1) is 14.6. The third-order valence-corrected chi connectivity index (χ3v) is 5.27. The highest BCUT2D eigenvalue weighted by atomic mass is 19.4. The minimum absolute atomic E-state index is 0.0407. The molecule has 4 rings (SSSR count). The van der Waals surface area contributed by atoms with Gasteiger partial charge >= 0.3 is 6.18 Å². The first-order valence-corrected chi connectivity index (χ1v) is 9.28. The molecule has 0 aliphatic carbocycles. The van der Waals surface area contributed by atoms with Gasteiger partial charge in [0.2, 0.25) is 0 Å². The van der Waals surface area contributed by atoms with Gasteiger partial charge in [0, 0.05) is 42.7 Å². The maximum Gasteiger partial charge on any atom is 0.416 e. The van der Waals surface area contributed by atoms with E-state index in [0.29, 0.717) is 11.9 Å². The monoisotopic (exact) mass is 438 g/mol. The Balaban J connectivity index is 1.62. The van der Waals surface area contributed by atoms with Crippen LogP contribution in [-0.4, -0.2) is 29.1 Å². The zero-order valence-corrected chi connectivity index (χ0v) is 15.9. The van der Waals surface area contributed by atoms with E-state index in [4.69, 9.17) is 5.73 Å². The maximum atomic E-state index is 14.2. The fourth-order valence-corrected chi connectivity index (χ4v) is 3.70. The molecule has 0 saturated carbocycles. The Kier molecular flexibility index (Phi) is 5.34. The molecule has 3 aromatic rings. The first-order valence-electron chi connectivity index (χ1n) is 9.28. The molecule has 2 atom stereocenters. The summed E-state index contributed by atoms with van der Waals surface area (Å²) < 4.78 is 80.1. The average molecular weight is 438 g/mol. The molecular weight excluding hydrogens is 422 g/mol. The van der Waals surface area contributed by atoms with Gasteiger partial charge in [0.1, 0.15) is 18.0 Å². The van der Waals surface area contributed by atoms with Crippen molar-refractivity contribution in [1.82, 2.24) is 9.97 Å². The number of aromatic nitrogens is 2. The third-order valence-electron chi connectivity index (χ3n) is 5.27. The number of nitrogens with zero attached hydrogens (tertiary/aromatic N) is 3. The topological polar surface area (TPSA) is 55.0 Å². The highest BCUT2D eigenvalue weighted by molar-refractivity contribution is 5.64. The van der Waals surface area contributed by atoms with Crippen molar-refractivity contribution in [1.29, 1.82) is 0 Å². The zero-order valence-electron chi connectivity index (χ0n) is 15.9. The Morgan fingerprint density at radius 3 is 2.39 bits per heavy atom. The lowest BCUT2D eigenvalue weighted by atomic mass is 9.94. The summed E-state index contributed by atoms with van der Waals surface area (Å²) in [6, 6.07) is 6.93. The molecule has 1 aromatic heterocycles. The van der Waals surface area contributed by atoms with Gasteiger partial charge in [0.15, 0.2) is 11.6 Å². The van der Waals surface area contributed by atoms with Crippen molar-refractivity contribution in [3.05, 3.63) is 77.4 Å². The number of alkyl halides is 3. The van der Waals surface area contributed by atoms with E-state index >= 15 is 0 Å². The van der Waals surface area contributed by atoms with E-state index in [0.717, 1.165) is 18.2 Å². The van der Waals surface area contributed by atoms with Gasteiger partial charge in [-0.05, 0) is 23.8 Å². The van der Waals surface area contributed by atoms with E-state index in [1.54, 1.807) is 4.90 Å². The molecule has 0 bridgehead atoms. The van der Waals surface area contributed by atoms with Gasteiger partial charge in [-0.3, -0.25) is 0 Å². The summed E-state index contributed by atoms with van der Waals surface area (Å²) in [7, 11) is 0. The second-order valence-corrected chi connectivity index (χ2v) is 7.30. The molecule has 1 aliphatic rings. The van der Waals surface area contributed by atoms with Crippen LogP contribution in [0.5, 0.6) is 0 Å². The molecule has 0 unspecified atom stereocenters. The highest BCUT2D eigenvalue weighted by Gasteiger charge is 2.35. The largest absolute Gasteiger partial charge is 0.416 e. The van der Waals surface area contributed by atoms with Gasteiger partial charge in [0.25, 0.3) is 0 Å². The van der Waals surface area contributed by atoms with Gasteiger partial charge in [-0.25, -0.2) is 23.1 Å².